The molecule has 0 aliphatic heterocycles. The molecular formula is C9H13ClN2O. The lowest BCUT2D eigenvalue weighted by molar-refractivity contribution is 0.282. The van der Waals surface area contributed by atoms with Gasteiger partial charge in [0.15, 0.2) is 0 Å². The lowest BCUT2D eigenvalue weighted by Gasteiger charge is -2.13. The third-order valence-corrected chi connectivity index (χ3v) is 1.91. The van der Waals surface area contributed by atoms with Gasteiger partial charge in [0.2, 0.25) is 0 Å². The predicted molar refractivity (Wildman–Crippen MR) is 54.0 cm³/mol. The number of nitrogens with one attached hydrogen (secondary N) is 1. The predicted octanol–water partition coefficient (Wildman–Crippen LogP) is 1.92. The van der Waals surface area contributed by atoms with Crippen LogP contribution in [0, 0.1) is 0 Å². The summed E-state index contributed by atoms with van der Waals surface area (Å²) >= 11 is 5.70. The second-order valence-corrected chi connectivity index (χ2v) is 3.31. The molecule has 1 atom stereocenters. The van der Waals surface area contributed by atoms with E-state index in [0.717, 1.165) is 12.1 Å². The minimum Gasteiger partial charge on any atom is -0.396 e. The van der Waals surface area contributed by atoms with Gasteiger partial charge in [-0.3, -0.25) is 0 Å². The van der Waals surface area contributed by atoms with Crippen molar-refractivity contribution in [3.63, 3.8) is 0 Å². The molecule has 1 heterocycles. The first-order chi connectivity index (χ1) is 6.22. The Morgan fingerprint density at radius 1 is 1.69 bits per heavy atom. The van der Waals surface area contributed by atoms with Crippen LogP contribution in [0.1, 0.15) is 13.3 Å². The van der Waals surface area contributed by atoms with Crippen molar-refractivity contribution in [2.24, 2.45) is 0 Å². The lowest BCUT2D eigenvalue weighted by atomic mass is 10.2. The van der Waals surface area contributed by atoms with Crippen molar-refractivity contribution in [1.82, 2.24) is 4.98 Å². The fraction of sp³-hybridized carbons (Fsp3) is 0.444. The summed E-state index contributed by atoms with van der Waals surface area (Å²) in [7, 11) is 0. The number of hydrogen-bond acceptors (Lipinski definition) is 3. The van der Waals surface area contributed by atoms with E-state index in [4.69, 9.17) is 16.7 Å². The highest BCUT2D eigenvalue weighted by atomic mass is 35.5. The standard InChI is InChI=1S/C9H13ClN2O/c1-7(3-5-13)12-8-2-4-11-9(10)6-8/h2,4,6-7,13H,3,5H2,1H3,(H,11,12). The van der Waals surface area contributed by atoms with Crippen LogP contribution in [0.3, 0.4) is 0 Å². The zero-order chi connectivity index (χ0) is 9.68. The zero-order valence-electron chi connectivity index (χ0n) is 7.50. The van der Waals surface area contributed by atoms with Gasteiger partial charge in [-0.15, -0.1) is 0 Å². The number of aromatic nitrogens is 1. The van der Waals surface area contributed by atoms with E-state index in [9.17, 15) is 0 Å². The molecule has 72 valence electrons. The van der Waals surface area contributed by atoms with Crippen molar-refractivity contribution >= 4 is 17.3 Å². The molecule has 4 heteroatoms. The summed E-state index contributed by atoms with van der Waals surface area (Å²) in [6.45, 7) is 2.19. The summed E-state index contributed by atoms with van der Waals surface area (Å²) in [5.74, 6) is 0. The van der Waals surface area contributed by atoms with Gasteiger partial charge in [-0.25, -0.2) is 4.98 Å². The van der Waals surface area contributed by atoms with E-state index in [1.807, 2.05) is 13.0 Å². The van der Waals surface area contributed by atoms with Gasteiger partial charge in [0.05, 0.1) is 0 Å². The molecule has 0 radical (unpaired) electrons. The molecule has 0 fully saturated rings. The van der Waals surface area contributed by atoms with Crippen LogP contribution in [-0.4, -0.2) is 22.7 Å². The second kappa shape index (κ2) is 5.04. The molecule has 3 nitrogen and oxygen atoms in total. The van der Waals surface area contributed by atoms with Gasteiger partial charge >= 0.3 is 0 Å². The van der Waals surface area contributed by atoms with Crippen molar-refractivity contribution in [2.75, 3.05) is 11.9 Å². The van der Waals surface area contributed by atoms with Crippen LogP contribution in [0.4, 0.5) is 5.69 Å². The van der Waals surface area contributed by atoms with Gasteiger partial charge in [0, 0.05) is 24.5 Å². The smallest absolute Gasteiger partial charge is 0.131 e. The minimum atomic E-state index is 0.187. The van der Waals surface area contributed by atoms with Crippen LogP contribution in [0.15, 0.2) is 18.3 Å². The zero-order valence-corrected chi connectivity index (χ0v) is 8.25. The number of aliphatic hydroxyl groups excluding tert-OH is 1. The van der Waals surface area contributed by atoms with Crippen molar-refractivity contribution in [1.29, 1.82) is 0 Å². The van der Waals surface area contributed by atoms with E-state index in [0.29, 0.717) is 5.15 Å². The largest absolute Gasteiger partial charge is 0.396 e. The maximum absolute atomic E-state index is 8.69. The van der Waals surface area contributed by atoms with Crippen LogP contribution in [-0.2, 0) is 0 Å². The number of anilines is 1. The van der Waals surface area contributed by atoms with Crippen molar-refractivity contribution in [2.45, 2.75) is 19.4 Å². The maximum atomic E-state index is 8.69. The number of hydrogen-bond donors (Lipinski definition) is 2. The van der Waals surface area contributed by atoms with Crippen molar-refractivity contribution in [3.8, 4) is 0 Å². The Balaban J connectivity index is 2.53. The molecule has 2 N–H and O–H groups in total. The van der Waals surface area contributed by atoms with Gasteiger partial charge in [0.1, 0.15) is 5.15 Å². The molecule has 1 rings (SSSR count). The average molecular weight is 201 g/mol. The van der Waals surface area contributed by atoms with Crippen molar-refractivity contribution < 1.29 is 5.11 Å². The first kappa shape index (κ1) is 10.3. The number of aliphatic hydroxyl groups is 1. The summed E-state index contributed by atoms with van der Waals surface area (Å²) in [5, 5.41) is 12.4. The molecule has 0 saturated carbocycles. The van der Waals surface area contributed by atoms with Gasteiger partial charge in [-0.05, 0) is 25.5 Å². The van der Waals surface area contributed by atoms with Gasteiger partial charge < -0.3 is 10.4 Å². The second-order valence-electron chi connectivity index (χ2n) is 2.92. The summed E-state index contributed by atoms with van der Waals surface area (Å²) in [4.78, 5) is 3.87. The Hall–Kier alpha value is -0.800. The Labute approximate surface area is 82.8 Å². The quantitative estimate of drug-likeness (QED) is 0.730. The summed E-state index contributed by atoms with van der Waals surface area (Å²) in [6, 6.07) is 3.85. The van der Waals surface area contributed by atoms with Gasteiger partial charge in [0.25, 0.3) is 0 Å². The summed E-state index contributed by atoms with van der Waals surface area (Å²) in [5.41, 5.74) is 0.931. The van der Waals surface area contributed by atoms with Crippen LogP contribution < -0.4 is 5.32 Å². The average Bonchev–Trinajstić information content (AvgIpc) is 2.04. The van der Waals surface area contributed by atoms with E-state index in [2.05, 4.69) is 10.3 Å². The van der Waals surface area contributed by atoms with E-state index >= 15 is 0 Å². The Bertz CT molecular complexity index is 268. The molecule has 0 amide bonds. The number of nitrogens with zero attached hydrogens (tertiary/aromatic N) is 1. The van der Waals surface area contributed by atoms with Crippen molar-refractivity contribution in [3.05, 3.63) is 23.5 Å². The SMILES string of the molecule is CC(CCO)Nc1ccnc(Cl)c1. The molecule has 0 bridgehead atoms. The van der Waals surface area contributed by atoms with E-state index in [1.54, 1.807) is 12.3 Å². The van der Waals surface area contributed by atoms with Crippen LogP contribution in [0.2, 0.25) is 5.15 Å². The molecule has 0 spiro atoms. The Kier molecular flexibility index (Phi) is 3.99. The van der Waals surface area contributed by atoms with Crippen LogP contribution >= 0.6 is 11.6 Å². The van der Waals surface area contributed by atoms with E-state index in [1.165, 1.54) is 0 Å². The minimum absolute atomic E-state index is 0.187. The fourth-order valence-electron chi connectivity index (χ4n) is 1.04. The molecule has 13 heavy (non-hydrogen) atoms. The van der Waals surface area contributed by atoms with Gasteiger partial charge in [-0.1, -0.05) is 11.6 Å². The number of halogens is 1. The Morgan fingerprint density at radius 3 is 3.08 bits per heavy atom. The van der Waals surface area contributed by atoms with Crippen LogP contribution in [0.5, 0.6) is 0 Å². The molecule has 0 aromatic carbocycles. The molecule has 0 aliphatic carbocycles. The number of rotatable bonds is 4. The van der Waals surface area contributed by atoms with Gasteiger partial charge in [-0.2, -0.15) is 0 Å². The van der Waals surface area contributed by atoms with E-state index in [-0.39, 0.29) is 12.6 Å². The lowest BCUT2D eigenvalue weighted by Crippen LogP contribution is -2.16. The molecule has 1 unspecified atom stereocenters. The third-order valence-electron chi connectivity index (χ3n) is 1.70. The molecule has 0 saturated heterocycles. The summed E-state index contributed by atoms with van der Waals surface area (Å²) in [6.07, 6.45) is 2.37. The monoisotopic (exact) mass is 200 g/mol. The maximum Gasteiger partial charge on any atom is 0.131 e. The summed E-state index contributed by atoms with van der Waals surface area (Å²) < 4.78 is 0. The van der Waals surface area contributed by atoms with E-state index < -0.39 is 0 Å². The highest BCUT2D eigenvalue weighted by Gasteiger charge is 2.00. The molecule has 1 aromatic rings. The number of pyridine rings is 1. The fourth-order valence-corrected chi connectivity index (χ4v) is 1.22. The Morgan fingerprint density at radius 2 is 2.46 bits per heavy atom. The molecule has 0 aliphatic rings. The highest BCUT2D eigenvalue weighted by Crippen LogP contribution is 2.13. The molecular weight excluding hydrogens is 188 g/mol. The topological polar surface area (TPSA) is 45.1 Å². The van der Waals surface area contributed by atoms with Crippen LogP contribution in [0.25, 0.3) is 0 Å². The normalized spacial score (nSPS) is 12.5. The molecule has 1 aromatic heterocycles. The first-order valence-electron chi connectivity index (χ1n) is 4.21. The first-order valence-corrected chi connectivity index (χ1v) is 4.59. The highest BCUT2D eigenvalue weighted by molar-refractivity contribution is 6.29. The third kappa shape index (κ3) is 3.61.